The summed E-state index contributed by atoms with van der Waals surface area (Å²) in [4.78, 5) is 13.3. The Hall–Kier alpha value is -1.14. The first-order chi connectivity index (χ1) is 9.33. The molecule has 1 saturated heterocycles. The average molecular weight is 276 g/mol. The van der Waals surface area contributed by atoms with Crippen molar-refractivity contribution in [1.29, 1.82) is 0 Å². The Bertz CT molecular complexity index is 610. The van der Waals surface area contributed by atoms with Crippen LogP contribution in [0.15, 0.2) is 17.7 Å². The summed E-state index contributed by atoms with van der Waals surface area (Å²) in [6.45, 7) is 2.98. The fourth-order valence-electron chi connectivity index (χ4n) is 2.55. The molecule has 1 saturated carbocycles. The molecule has 2 aliphatic rings. The van der Waals surface area contributed by atoms with Crippen molar-refractivity contribution in [1.82, 2.24) is 19.5 Å². The highest BCUT2D eigenvalue weighted by atomic mass is 32.2. The van der Waals surface area contributed by atoms with E-state index in [1.165, 1.54) is 12.8 Å². The summed E-state index contributed by atoms with van der Waals surface area (Å²) in [5, 5.41) is 1.47. The minimum Gasteiger partial charge on any atom is -0.377 e. The molecule has 100 valence electrons. The molecular weight excluding hydrogens is 260 g/mol. The SMILES string of the molecule is CC1OCCC1Sc1ncnc2c1ncn2C1CC1. The van der Waals surface area contributed by atoms with Gasteiger partial charge in [-0.05, 0) is 26.2 Å². The Balaban J connectivity index is 1.69. The van der Waals surface area contributed by atoms with Gasteiger partial charge in [0, 0.05) is 17.9 Å². The van der Waals surface area contributed by atoms with E-state index in [1.807, 2.05) is 6.33 Å². The fourth-order valence-corrected chi connectivity index (χ4v) is 3.68. The summed E-state index contributed by atoms with van der Waals surface area (Å²) in [5.41, 5.74) is 1.92. The Morgan fingerprint density at radius 2 is 2.16 bits per heavy atom. The molecule has 0 N–H and O–H groups in total. The third-order valence-corrected chi connectivity index (χ3v) is 5.28. The van der Waals surface area contributed by atoms with Gasteiger partial charge >= 0.3 is 0 Å². The lowest BCUT2D eigenvalue weighted by Crippen LogP contribution is -2.13. The lowest BCUT2D eigenvalue weighted by Gasteiger charge is -2.12. The minimum absolute atomic E-state index is 0.292. The summed E-state index contributed by atoms with van der Waals surface area (Å²) >= 11 is 1.78. The number of thioether (sulfide) groups is 1. The molecule has 0 bridgehead atoms. The first kappa shape index (κ1) is 11.7. The molecule has 0 amide bonds. The van der Waals surface area contributed by atoms with Gasteiger partial charge in [0.05, 0.1) is 12.4 Å². The van der Waals surface area contributed by atoms with Crippen molar-refractivity contribution in [3.05, 3.63) is 12.7 Å². The number of aromatic nitrogens is 4. The molecule has 0 radical (unpaired) electrons. The van der Waals surface area contributed by atoms with Crippen LogP contribution in [0.25, 0.3) is 11.2 Å². The number of hydrogen-bond acceptors (Lipinski definition) is 5. The van der Waals surface area contributed by atoms with Crippen LogP contribution in [0, 0.1) is 0 Å². The standard InChI is InChI=1S/C13H16N4OS/c1-8-10(4-5-18-8)19-13-11-12(14-6-15-13)17(7-16-11)9-2-3-9/h6-10H,2-5H2,1H3. The maximum atomic E-state index is 5.61. The van der Waals surface area contributed by atoms with Gasteiger partial charge in [-0.2, -0.15) is 0 Å². The van der Waals surface area contributed by atoms with Gasteiger partial charge in [-0.15, -0.1) is 0 Å². The van der Waals surface area contributed by atoms with Gasteiger partial charge in [-0.1, -0.05) is 11.8 Å². The predicted octanol–water partition coefficient (Wildman–Crippen LogP) is 2.43. The molecule has 0 spiro atoms. The van der Waals surface area contributed by atoms with Gasteiger partial charge in [0.25, 0.3) is 0 Å². The van der Waals surface area contributed by atoms with E-state index in [0.717, 1.165) is 29.2 Å². The van der Waals surface area contributed by atoms with E-state index in [0.29, 0.717) is 17.4 Å². The molecule has 2 aromatic heterocycles. The number of hydrogen-bond donors (Lipinski definition) is 0. The van der Waals surface area contributed by atoms with Crippen molar-refractivity contribution in [2.75, 3.05) is 6.61 Å². The van der Waals surface area contributed by atoms with Crippen LogP contribution in [0.1, 0.15) is 32.2 Å². The molecule has 3 heterocycles. The monoisotopic (exact) mass is 276 g/mol. The minimum atomic E-state index is 0.292. The summed E-state index contributed by atoms with van der Waals surface area (Å²) < 4.78 is 7.80. The van der Waals surface area contributed by atoms with E-state index in [2.05, 4.69) is 26.4 Å². The molecule has 1 aliphatic carbocycles. The van der Waals surface area contributed by atoms with E-state index >= 15 is 0 Å². The van der Waals surface area contributed by atoms with Crippen molar-refractivity contribution < 1.29 is 4.74 Å². The molecule has 0 aromatic carbocycles. The van der Waals surface area contributed by atoms with Gasteiger partial charge in [0.2, 0.25) is 0 Å². The summed E-state index contributed by atoms with van der Waals surface area (Å²) in [7, 11) is 0. The maximum Gasteiger partial charge on any atom is 0.164 e. The fraction of sp³-hybridized carbons (Fsp3) is 0.615. The summed E-state index contributed by atoms with van der Waals surface area (Å²) in [6, 6.07) is 0.603. The zero-order chi connectivity index (χ0) is 12.8. The van der Waals surface area contributed by atoms with Crippen molar-refractivity contribution in [2.45, 2.75) is 48.6 Å². The Kier molecular flexibility index (Phi) is 2.73. The lowest BCUT2D eigenvalue weighted by molar-refractivity contribution is 0.127. The van der Waals surface area contributed by atoms with Crippen molar-refractivity contribution >= 4 is 22.9 Å². The van der Waals surface area contributed by atoms with E-state index in [4.69, 9.17) is 4.74 Å². The maximum absolute atomic E-state index is 5.61. The van der Waals surface area contributed by atoms with Crippen LogP contribution in [0.2, 0.25) is 0 Å². The molecule has 2 unspecified atom stereocenters. The van der Waals surface area contributed by atoms with Crippen molar-refractivity contribution in [3.8, 4) is 0 Å². The topological polar surface area (TPSA) is 52.8 Å². The quantitative estimate of drug-likeness (QED) is 0.806. The van der Waals surface area contributed by atoms with Gasteiger partial charge in [0.1, 0.15) is 16.9 Å². The molecule has 4 rings (SSSR count). The predicted molar refractivity (Wildman–Crippen MR) is 73.3 cm³/mol. The van der Waals surface area contributed by atoms with Crippen LogP contribution in [0.3, 0.4) is 0 Å². The van der Waals surface area contributed by atoms with E-state index < -0.39 is 0 Å². The van der Waals surface area contributed by atoms with Gasteiger partial charge in [0.15, 0.2) is 5.65 Å². The summed E-state index contributed by atoms with van der Waals surface area (Å²) in [6.07, 6.45) is 7.43. The first-order valence-corrected chi connectivity index (χ1v) is 7.66. The third-order valence-electron chi connectivity index (χ3n) is 3.84. The van der Waals surface area contributed by atoms with Gasteiger partial charge in [-0.3, -0.25) is 0 Å². The second-order valence-electron chi connectivity index (χ2n) is 5.25. The number of nitrogens with zero attached hydrogens (tertiary/aromatic N) is 4. The van der Waals surface area contributed by atoms with Crippen molar-refractivity contribution in [3.63, 3.8) is 0 Å². The second-order valence-corrected chi connectivity index (χ2v) is 6.48. The highest BCUT2D eigenvalue weighted by molar-refractivity contribution is 8.00. The van der Waals surface area contributed by atoms with E-state index in [1.54, 1.807) is 18.1 Å². The lowest BCUT2D eigenvalue weighted by atomic mass is 10.3. The molecule has 1 aliphatic heterocycles. The molecular formula is C13H16N4OS. The molecule has 2 atom stereocenters. The van der Waals surface area contributed by atoms with Crippen LogP contribution >= 0.6 is 11.8 Å². The van der Waals surface area contributed by atoms with Crippen LogP contribution in [-0.2, 0) is 4.74 Å². The highest BCUT2D eigenvalue weighted by Gasteiger charge is 2.29. The van der Waals surface area contributed by atoms with E-state index in [-0.39, 0.29) is 0 Å². The molecule has 2 fully saturated rings. The smallest absolute Gasteiger partial charge is 0.164 e. The Labute approximate surface area is 115 Å². The normalized spacial score (nSPS) is 27.2. The number of ether oxygens (including phenoxy) is 1. The van der Waals surface area contributed by atoms with Crippen LogP contribution in [-0.4, -0.2) is 37.5 Å². The summed E-state index contributed by atoms with van der Waals surface area (Å²) in [5.74, 6) is 0. The molecule has 5 nitrogen and oxygen atoms in total. The third kappa shape index (κ3) is 2.03. The molecule has 19 heavy (non-hydrogen) atoms. The van der Waals surface area contributed by atoms with Gasteiger partial charge in [-0.25, -0.2) is 15.0 Å². The number of imidazole rings is 1. The zero-order valence-corrected chi connectivity index (χ0v) is 11.6. The number of rotatable bonds is 3. The molecule has 6 heteroatoms. The second kappa shape index (κ2) is 4.45. The van der Waals surface area contributed by atoms with Crippen LogP contribution in [0.5, 0.6) is 0 Å². The largest absolute Gasteiger partial charge is 0.377 e. The highest BCUT2D eigenvalue weighted by Crippen LogP contribution is 2.39. The van der Waals surface area contributed by atoms with Crippen molar-refractivity contribution in [2.24, 2.45) is 0 Å². The molecule has 2 aromatic rings. The Morgan fingerprint density at radius 1 is 1.26 bits per heavy atom. The van der Waals surface area contributed by atoms with Crippen LogP contribution < -0.4 is 0 Å². The van der Waals surface area contributed by atoms with Crippen LogP contribution in [0.4, 0.5) is 0 Å². The van der Waals surface area contributed by atoms with Gasteiger partial charge < -0.3 is 9.30 Å². The zero-order valence-electron chi connectivity index (χ0n) is 10.8. The first-order valence-electron chi connectivity index (χ1n) is 6.79. The Morgan fingerprint density at radius 3 is 2.89 bits per heavy atom. The number of fused-ring (bicyclic) bond motifs is 1. The van der Waals surface area contributed by atoms with E-state index in [9.17, 15) is 0 Å². The average Bonchev–Trinajstić information content (AvgIpc) is 3.04.